The fourth-order valence-corrected chi connectivity index (χ4v) is 3.62. The third-order valence-corrected chi connectivity index (χ3v) is 4.84. The maximum absolute atomic E-state index is 12.3. The van der Waals surface area contributed by atoms with Crippen molar-refractivity contribution in [2.45, 2.75) is 20.3 Å². The highest BCUT2D eigenvalue weighted by molar-refractivity contribution is 9.10. The van der Waals surface area contributed by atoms with Gasteiger partial charge in [-0.1, -0.05) is 42.5 Å². The number of hydrogen-bond acceptors (Lipinski definition) is 4. The Morgan fingerprint density at radius 1 is 1.07 bits per heavy atom. The highest BCUT2D eigenvalue weighted by atomic mass is 79.9. The number of halogens is 1. The lowest BCUT2D eigenvalue weighted by molar-refractivity contribution is -0.120. The Morgan fingerprint density at radius 2 is 1.83 bits per heavy atom. The van der Waals surface area contributed by atoms with E-state index in [1.54, 1.807) is 6.21 Å². The molecular weight excluding hydrogens is 432 g/mol. The molecule has 0 heterocycles. The number of carbonyl (C=O) groups is 1. The number of benzene rings is 3. The van der Waals surface area contributed by atoms with Gasteiger partial charge in [-0.2, -0.15) is 5.10 Å². The van der Waals surface area contributed by atoms with Gasteiger partial charge in [-0.05, 0) is 63.8 Å². The van der Waals surface area contributed by atoms with Crippen molar-refractivity contribution in [1.82, 2.24) is 5.43 Å². The molecule has 150 valence electrons. The second-order valence-corrected chi connectivity index (χ2v) is 7.16. The van der Waals surface area contributed by atoms with Crippen LogP contribution in [-0.4, -0.2) is 25.3 Å². The van der Waals surface area contributed by atoms with Gasteiger partial charge in [0.15, 0.2) is 11.5 Å². The topological polar surface area (TPSA) is 59.9 Å². The van der Waals surface area contributed by atoms with Crippen LogP contribution >= 0.6 is 15.9 Å². The van der Waals surface area contributed by atoms with Gasteiger partial charge in [-0.3, -0.25) is 4.79 Å². The van der Waals surface area contributed by atoms with Crippen LogP contribution in [0.5, 0.6) is 11.5 Å². The molecule has 0 unspecified atom stereocenters. The van der Waals surface area contributed by atoms with E-state index in [1.165, 1.54) is 0 Å². The molecule has 3 rings (SSSR count). The van der Waals surface area contributed by atoms with Gasteiger partial charge < -0.3 is 9.47 Å². The second-order valence-electron chi connectivity index (χ2n) is 6.30. The normalized spacial score (nSPS) is 11.0. The Labute approximate surface area is 178 Å². The van der Waals surface area contributed by atoms with Crippen molar-refractivity contribution >= 4 is 38.8 Å². The molecule has 29 heavy (non-hydrogen) atoms. The molecular formula is C23H23BrN2O3. The van der Waals surface area contributed by atoms with Crippen molar-refractivity contribution in [1.29, 1.82) is 0 Å². The highest BCUT2D eigenvalue weighted by Gasteiger charge is 2.11. The van der Waals surface area contributed by atoms with E-state index in [-0.39, 0.29) is 12.3 Å². The van der Waals surface area contributed by atoms with Crippen molar-refractivity contribution in [2.75, 3.05) is 13.2 Å². The Morgan fingerprint density at radius 3 is 2.62 bits per heavy atom. The average molecular weight is 455 g/mol. The molecule has 0 spiro atoms. The molecule has 5 nitrogen and oxygen atoms in total. The predicted octanol–water partition coefficient (Wildman–Crippen LogP) is 5.09. The number of hydrogen-bond donors (Lipinski definition) is 1. The minimum absolute atomic E-state index is 0.173. The molecule has 0 atom stereocenters. The number of amides is 1. The lowest BCUT2D eigenvalue weighted by Gasteiger charge is -2.13. The lowest BCUT2D eigenvalue weighted by atomic mass is 10.0. The Balaban J connectivity index is 1.69. The van der Waals surface area contributed by atoms with Crippen molar-refractivity contribution < 1.29 is 14.3 Å². The Hall–Kier alpha value is -2.86. The van der Waals surface area contributed by atoms with Crippen LogP contribution in [-0.2, 0) is 11.2 Å². The van der Waals surface area contributed by atoms with Gasteiger partial charge in [0.25, 0.3) is 0 Å². The third kappa shape index (κ3) is 5.35. The summed E-state index contributed by atoms with van der Waals surface area (Å²) in [6.45, 7) is 4.89. The number of hydrazone groups is 1. The SMILES string of the molecule is CCOc1cc(C=NNC(=O)Cc2cccc3ccccc23)cc(Br)c1OCC. The average Bonchev–Trinajstić information content (AvgIpc) is 2.71. The van der Waals surface area contributed by atoms with Gasteiger partial charge in [0.2, 0.25) is 5.91 Å². The van der Waals surface area contributed by atoms with Crippen LogP contribution in [0.25, 0.3) is 10.8 Å². The standard InChI is InChI=1S/C23H23BrN2O3/c1-3-28-21-13-16(12-20(24)23(21)29-4-2)15-25-26-22(27)14-18-10-7-9-17-8-5-6-11-19(17)18/h5-13,15H,3-4,14H2,1-2H3,(H,26,27). The van der Waals surface area contributed by atoms with Crippen molar-refractivity contribution in [3.8, 4) is 11.5 Å². The van der Waals surface area contributed by atoms with E-state index in [9.17, 15) is 4.79 Å². The summed E-state index contributed by atoms with van der Waals surface area (Å²) in [5.41, 5.74) is 4.36. The number of nitrogens with zero attached hydrogens (tertiary/aromatic N) is 1. The maximum Gasteiger partial charge on any atom is 0.244 e. The van der Waals surface area contributed by atoms with Gasteiger partial charge >= 0.3 is 0 Å². The highest BCUT2D eigenvalue weighted by Crippen LogP contribution is 2.36. The fraction of sp³-hybridized carbons (Fsp3) is 0.217. The number of nitrogens with one attached hydrogen (secondary N) is 1. The monoisotopic (exact) mass is 454 g/mol. The molecule has 1 N–H and O–H groups in total. The predicted molar refractivity (Wildman–Crippen MR) is 120 cm³/mol. The summed E-state index contributed by atoms with van der Waals surface area (Å²) < 4.78 is 12.1. The van der Waals surface area contributed by atoms with Crippen LogP contribution in [0.3, 0.4) is 0 Å². The van der Waals surface area contributed by atoms with E-state index in [0.717, 1.165) is 26.4 Å². The first-order valence-electron chi connectivity index (χ1n) is 9.50. The summed E-state index contributed by atoms with van der Waals surface area (Å²) in [6.07, 6.45) is 1.85. The molecule has 0 radical (unpaired) electrons. The molecule has 3 aromatic carbocycles. The molecule has 0 saturated carbocycles. The van der Waals surface area contributed by atoms with Crippen molar-refractivity contribution in [3.63, 3.8) is 0 Å². The molecule has 0 aliphatic rings. The smallest absolute Gasteiger partial charge is 0.244 e. The van der Waals surface area contributed by atoms with E-state index in [0.29, 0.717) is 24.7 Å². The number of fused-ring (bicyclic) bond motifs is 1. The molecule has 6 heteroatoms. The van der Waals surface area contributed by atoms with E-state index >= 15 is 0 Å². The van der Waals surface area contributed by atoms with Crippen molar-refractivity contribution in [3.05, 3.63) is 70.2 Å². The zero-order chi connectivity index (χ0) is 20.6. The van der Waals surface area contributed by atoms with Crippen molar-refractivity contribution in [2.24, 2.45) is 5.10 Å². The van der Waals surface area contributed by atoms with Gasteiger partial charge in [-0.25, -0.2) is 5.43 Å². The van der Waals surface area contributed by atoms with Gasteiger partial charge in [-0.15, -0.1) is 0 Å². The first kappa shape index (κ1) is 20.9. The maximum atomic E-state index is 12.3. The van der Waals surface area contributed by atoms with Crippen LogP contribution in [0, 0.1) is 0 Å². The molecule has 0 aliphatic heterocycles. The number of rotatable bonds is 8. The molecule has 3 aromatic rings. The summed E-state index contributed by atoms with van der Waals surface area (Å²) in [4.78, 5) is 12.3. The van der Waals surface area contributed by atoms with E-state index in [4.69, 9.17) is 9.47 Å². The second kappa shape index (κ2) is 10.1. The van der Waals surface area contributed by atoms with Crippen LogP contribution in [0.1, 0.15) is 25.0 Å². The van der Waals surface area contributed by atoms with Crippen LogP contribution in [0.2, 0.25) is 0 Å². The Kier molecular flexibility index (Phi) is 7.25. The summed E-state index contributed by atoms with van der Waals surface area (Å²) in [7, 11) is 0. The summed E-state index contributed by atoms with van der Waals surface area (Å²) in [6, 6.07) is 17.7. The van der Waals surface area contributed by atoms with Crippen LogP contribution in [0.15, 0.2) is 64.2 Å². The molecule has 0 aromatic heterocycles. The third-order valence-electron chi connectivity index (χ3n) is 4.25. The number of ether oxygens (including phenoxy) is 2. The first-order chi connectivity index (χ1) is 14.1. The fourth-order valence-electron chi connectivity index (χ4n) is 3.05. The largest absolute Gasteiger partial charge is 0.490 e. The zero-order valence-corrected chi connectivity index (χ0v) is 18.0. The van der Waals surface area contributed by atoms with E-state index in [2.05, 4.69) is 26.5 Å². The lowest BCUT2D eigenvalue weighted by Crippen LogP contribution is -2.19. The Bertz CT molecular complexity index is 1030. The molecule has 1 amide bonds. The quantitative estimate of drug-likeness (QED) is 0.380. The zero-order valence-electron chi connectivity index (χ0n) is 16.4. The number of carbonyl (C=O) groups excluding carboxylic acids is 1. The molecule has 0 bridgehead atoms. The summed E-state index contributed by atoms with van der Waals surface area (Å²) >= 11 is 3.50. The van der Waals surface area contributed by atoms with E-state index < -0.39 is 0 Å². The summed E-state index contributed by atoms with van der Waals surface area (Å²) in [5, 5.41) is 6.28. The molecule has 0 aliphatic carbocycles. The summed E-state index contributed by atoms with van der Waals surface area (Å²) in [5.74, 6) is 1.12. The minimum Gasteiger partial charge on any atom is -0.490 e. The van der Waals surface area contributed by atoms with Gasteiger partial charge in [0.1, 0.15) is 0 Å². The minimum atomic E-state index is -0.173. The van der Waals surface area contributed by atoms with Crippen LogP contribution < -0.4 is 14.9 Å². The van der Waals surface area contributed by atoms with Crippen LogP contribution in [0.4, 0.5) is 0 Å². The molecule has 0 fully saturated rings. The van der Waals surface area contributed by atoms with Gasteiger partial charge in [0.05, 0.1) is 30.3 Å². The molecule has 0 saturated heterocycles. The van der Waals surface area contributed by atoms with Gasteiger partial charge in [0, 0.05) is 0 Å². The first-order valence-corrected chi connectivity index (χ1v) is 10.3. The van der Waals surface area contributed by atoms with E-state index in [1.807, 2.05) is 68.4 Å².